The fourth-order valence-corrected chi connectivity index (χ4v) is 1.85. The van der Waals surface area contributed by atoms with Crippen LogP contribution in [0.5, 0.6) is 0 Å². The van der Waals surface area contributed by atoms with Crippen LogP contribution in [0.15, 0.2) is 47.1 Å². The lowest BCUT2D eigenvalue weighted by atomic mass is 10.1. The first-order valence-corrected chi connectivity index (χ1v) is 7.18. The van der Waals surface area contributed by atoms with Crippen molar-refractivity contribution in [1.29, 1.82) is 0 Å². The summed E-state index contributed by atoms with van der Waals surface area (Å²) in [7, 11) is 0. The van der Waals surface area contributed by atoms with Crippen LogP contribution in [0.2, 0.25) is 0 Å². The van der Waals surface area contributed by atoms with E-state index in [2.05, 4.69) is 20.7 Å². The summed E-state index contributed by atoms with van der Waals surface area (Å²) in [5, 5.41) is 10.8. The molecule has 0 saturated carbocycles. The Labute approximate surface area is 130 Å². The van der Waals surface area contributed by atoms with Gasteiger partial charge in [0.15, 0.2) is 5.69 Å². The Morgan fingerprint density at radius 3 is 2.68 bits per heavy atom. The Morgan fingerprint density at radius 1 is 1.32 bits per heavy atom. The highest BCUT2D eigenvalue weighted by Gasteiger charge is 2.10. The summed E-state index contributed by atoms with van der Waals surface area (Å²) in [5.41, 5.74) is 5.77. The van der Waals surface area contributed by atoms with Crippen molar-refractivity contribution in [2.24, 2.45) is 5.10 Å². The molecule has 5 heteroatoms. The number of hydrogen-bond acceptors (Lipinski definition) is 3. The van der Waals surface area contributed by atoms with Crippen LogP contribution in [-0.2, 0) is 0 Å². The zero-order chi connectivity index (χ0) is 15.9. The van der Waals surface area contributed by atoms with Gasteiger partial charge in [0.25, 0.3) is 5.91 Å². The van der Waals surface area contributed by atoms with E-state index in [0.29, 0.717) is 11.6 Å². The van der Waals surface area contributed by atoms with Crippen LogP contribution < -0.4 is 5.43 Å². The molecule has 0 aliphatic rings. The number of H-pyrrole nitrogens is 1. The van der Waals surface area contributed by atoms with Gasteiger partial charge in [-0.15, -0.1) is 0 Å². The minimum atomic E-state index is -0.327. The molecule has 0 radical (unpaired) electrons. The number of carbonyl (C=O) groups is 1. The number of nitrogens with zero attached hydrogens (tertiary/aromatic N) is 2. The quantitative estimate of drug-likeness (QED) is 0.656. The number of benzene rings is 1. The largest absolute Gasteiger partial charge is 0.291 e. The molecule has 0 unspecified atom stereocenters. The topological polar surface area (TPSA) is 70.1 Å². The Balaban J connectivity index is 1.93. The zero-order valence-corrected chi connectivity index (χ0v) is 13.0. The highest BCUT2D eigenvalue weighted by Crippen LogP contribution is 2.11. The molecule has 22 heavy (non-hydrogen) atoms. The minimum absolute atomic E-state index is 0.300. The second-order valence-corrected chi connectivity index (χ2v) is 5.36. The van der Waals surface area contributed by atoms with E-state index in [1.54, 1.807) is 12.3 Å². The molecule has 1 aromatic carbocycles. The highest BCUT2D eigenvalue weighted by atomic mass is 16.2. The summed E-state index contributed by atoms with van der Waals surface area (Å²) in [4.78, 5) is 11.9. The highest BCUT2D eigenvalue weighted by molar-refractivity contribution is 5.93. The molecule has 2 rings (SSSR count). The van der Waals surface area contributed by atoms with Crippen LogP contribution in [0.25, 0.3) is 6.08 Å². The summed E-state index contributed by atoms with van der Waals surface area (Å²) in [6.07, 6.45) is 3.60. The number of aromatic nitrogens is 2. The van der Waals surface area contributed by atoms with Gasteiger partial charge < -0.3 is 0 Å². The smallest absolute Gasteiger partial charge is 0.282 e. The first kappa shape index (κ1) is 15.7. The molecule has 5 nitrogen and oxygen atoms in total. The number of hydrogen-bond donors (Lipinski definition) is 2. The van der Waals surface area contributed by atoms with Crippen LogP contribution in [-0.4, -0.2) is 22.3 Å². The number of allylic oxidation sites excluding steroid dienone is 1. The number of aromatic amines is 1. The van der Waals surface area contributed by atoms with Crippen molar-refractivity contribution >= 4 is 18.2 Å². The van der Waals surface area contributed by atoms with E-state index < -0.39 is 0 Å². The normalized spacial score (nSPS) is 12.1. The molecule has 114 valence electrons. The van der Waals surface area contributed by atoms with Gasteiger partial charge in [0.2, 0.25) is 0 Å². The van der Waals surface area contributed by atoms with Gasteiger partial charge in [-0.25, -0.2) is 5.43 Å². The van der Waals surface area contributed by atoms with Crippen molar-refractivity contribution < 1.29 is 4.79 Å². The molecule has 0 atom stereocenters. The van der Waals surface area contributed by atoms with E-state index in [4.69, 9.17) is 0 Å². The van der Waals surface area contributed by atoms with Gasteiger partial charge in [-0.2, -0.15) is 10.2 Å². The molecular weight excluding hydrogens is 276 g/mol. The number of amides is 1. The van der Waals surface area contributed by atoms with Crippen LogP contribution >= 0.6 is 0 Å². The monoisotopic (exact) mass is 296 g/mol. The van der Waals surface area contributed by atoms with E-state index in [9.17, 15) is 4.79 Å². The third-order valence-electron chi connectivity index (χ3n) is 3.08. The summed E-state index contributed by atoms with van der Waals surface area (Å²) in [6.45, 7) is 5.99. The molecule has 0 aliphatic carbocycles. The molecule has 0 bridgehead atoms. The first-order valence-electron chi connectivity index (χ1n) is 7.18. The van der Waals surface area contributed by atoms with Gasteiger partial charge in [0.1, 0.15) is 0 Å². The van der Waals surface area contributed by atoms with Crippen molar-refractivity contribution in [3.63, 3.8) is 0 Å². The Hall–Kier alpha value is -2.69. The molecule has 1 heterocycles. The fourth-order valence-electron chi connectivity index (χ4n) is 1.85. The van der Waals surface area contributed by atoms with E-state index >= 15 is 0 Å². The van der Waals surface area contributed by atoms with E-state index in [-0.39, 0.29) is 5.91 Å². The van der Waals surface area contributed by atoms with Crippen molar-refractivity contribution in [2.75, 3.05) is 0 Å². The number of rotatable bonds is 5. The summed E-state index contributed by atoms with van der Waals surface area (Å²) in [6, 6.07) is 11.7. The Kier molecular flexibility index (Phi) is 5.25. The number of carbonyl (C=O) groups excluding carboxylic acids is 1. The molecule has 2 aromatic rings. The second-order valence-electron chi connectivity index (χ2n) is 5.36. The van der Waals surface area contributed by atoms with E-state index in [1.807, 2.05) is 57.2 Å². The SMILES string of the molecule is CC(/C=N/NC(=O)c1cc(C(C)C)[nH]n1)=C\c1ccccc1. The van der Waals surface area contributed by atoms with Gasteiger partial charge in [0, 0.05) is 5.69 Å². The standard InChI is InChI=1S/C17H20N4O/c1-12(2)15-10-16(20-19-15)17(22)21-18-11-13(3)9-14-7-5-4-6-8-14/h4-12H,1-3H3,(H,19,20)(H,21,22)/b13-9+,18-11+. The van der Waals surface area contributed by atoms with Gasteiger partial charge in [-0.3, -0.25) is 9.89 Å². The second kappa shape index (κ2) is 7.36. The van der Waals surface area contributed by atoms with Gasteiger partial charge >= 0.3 is 0 Å². The zero-order valence-electron chi connectivity index (χ0n) is 13.0. The Bertz CT molecular complexity index is 684. The van der Waals surface area contributed by atoms with E-state index in [1.165, 1.54) is 0 Å². The van der Waals surface area contributed by atoms with Crippen molar-refractivity contribution in [1.82, 2.24) is 15.6 Å². The number of nitrogens with one attached hydrogen (secondary N) is 2. The third kappa shape index (κ3) is 4.41. The predicted molar refractivity (Wildman–Crippen MR) is 88.7 cm³/mol. The molecule has 0 aliphatic heterocycles. The van der Waals surface area contributed by atoms with Gasteiger partial charge in [0.05, 0.1) is 6.21 Å². The average Bonchev–Trinajstić information content (AvgIpc) is 2.98. The maximum Gasteiger partial charge on any atom is 0.291 e. The number of hydrazone groups is 1. The molecule has 0 saturated heterocycles. The van der Waals surface area contributed by atoms with Crippen LogP contribution in [0.4, 0.5) is 0 Å². The van der Waals surface area contributed by atoms with Crippen LogP contribution in [0, 0.1) is 0 Å². The lowest BCUT2D eigenvalue weighted by Crippen LogP contribution is -2.18. The third-order valence-corrected chi connectivity index (χ3v) is 3.08. The molecule has 1 aromatic heterocycles. The summed E-state index contributed by atoms with van der Waals surface area (Å²) in [5.74, 6) is -0.0273. The summed E-state index contributed by atoms with van der Waals surface area (Å²) >= 11 is 0. The molecular formula is C17H20N4O. The fraction of sp³-hybridized carbons (Fsp3) is 0.235. The maximum absolute atomic E-state index is 11.9. The van der Waals surface area contributed by atoms with Crippen molar-refractivity contribution in [2.45, 2.75) is 26.7 Å². The van der Waals surface area contributed by atoms with Crippen LogP contribution in [0.1, 0.15) is 48.4 Å². The predicted octanol–water partition coefficient (Wildman–Crippen LogP) is 3.35. The van der Waals surface area contributed by atoms with E-state index in [0.717, 1.165) is 16.8 Å². The van der Waals surface area contributed by atoms with Crippen molar-refractivity contribution in [3.8, 4) is 0 Å². The minimum Gasteiger partial charge on any atom is -0.282 e. The maximum atomic E-state index is 11.9. The molecule has 0 fully saturated rings. The average molecular weight is 296 g/mol. The summed E-state index contributed by atoms with van der Waals surface area (Å²) < 4.78 is 0. The molecule has 2 N–H and O–H groups in total. The molecule has 0 spiro atoms. The lowest BCUT2D eigenvalue weighted by Gasteiger charge is -1.97. The van der Waals surface area contributed by atoms with Gasteiger partial charge in [-0.1, -0.05) is 50.3 Å². The van der Waals surface area contributed by atoms with Crippen LogP contribution in [0.3, 0.4) is 0 Å². The van der Waals surface area contributed by atoms with Crippen molar-refractivity contribution in [3.05, 3.63) is 58.9 Å². The lowest BCUT2D eigenvalue weighted by molar-refractivity contribution is 0.0950. The molecule has 1 amide bonds. The first-order chi connectivity index (χ1) is 10.6. The Morgan fingerprint density at radius 2 is 2.05 bits per heavy atom. The van der Waals surface area contributed by atoms with Gasteiger partial charge in [-0.05, 0) is 30.0 Å².